The molecule has 0 amide bonds. The number of hydrogen-bond donors (Lipinski definition) is 0. The highest BCUT2D eigenvalue weighted by Crippen LogP contribution is 2.34. The minimum atomic E-state index is -4.66. The number of halogens is 4. The number of rotatable bonds is 3. The molecule has 0 radical (unpaired) electrons. The number of benzene rings is 2. The molecule has 0 aromatic heterocycles. The molecular formula is C18H15F4N3O2S. The summed E-state index contributed by atoms with van der Waals surface area (Å²) < 4.78 is 79.1. The van der Waals surface area contributed by atoms with Crippen LogP contribution in [0.5, 0.6) is 0 Å². The van der Waals surface area contributed by atoms with Crippen molar-refractivity contribution in [3.8, 4) is 6.07 Å². The Morgan fingerprint density at radius 2 is 1.68 bits per heavy atom. The molecule has 28 heavy (non-hydrogen) atoms. The molecule has 0 bridgehead atoms. The number of sulfonamides is 1. The second kappa shape index (κ2) is 7.41. The number of piperazine rings is 1. The van der Waals surface area contributed by atoms with Crippen LogP contribution in [0.25, 0.3) is 0 Å². The Labute approximate surface area is 159 Å². The third kappa shape index (κ3) is 3.95. The topological polar surface area (TPSA) is 64.4 Å². The minimum Gasteiger partial charge on any atom is -0.369 e. The van der Waals surface area contributed by atoms with Crippen molar-refractivity contribution in [3.05, 3.63) is 59.4 Å². The SMILES string of the molecule is N#Cc1ccc(N2CCN(S(=O)(=O)c3cccc(F)c3)CC2)cc1C(F)(F)F. The summed E-state index contributed by atoms with van der Waals surface area (Å²) >= 11 is 0. The molecule has 1 aliphatic heterocycles. The summed E-state index contributed by atoms with van der Waals surface area (Å²) in [7, 11) is -3.89. The molecule has 0 aliphatic carbocycles. The van der Waals surface area contributed by atoms with Crippen molar-refractivity contribution in [2.45, 2.75) is 11.1 Å². The van der Waals surface area contributed by atoms with Gasteiger partial charge in [0.2, 0.25) is 10.0 Å². The van der Waals surface area contributed by atoms with Gasteiger partial charge in [-0.15, -0.1) is 0 Å². The Morgan fingerprint density at radius 1 is 1.00 bits per heavy atom. The second-order valence-corrected chi connectivity index (χ2v) is 8.13. The van der Waals surface area contributed by atoms with Crippen LogP contribution < -0.4 is 4.90 Å². The van der Waals surface area contributed by atoms with E-state index in [1.54, 1.807) is 4.90 Å². The maximum Gasteiger partial charge on any atom is 0.417 e. The molecule has 5 nitrogen and oxygen atoms in total. The van der Waals surface area contributed by atoms with Crippen LogP contribution in [0.4, 0.5) is 23.2 Å². The molecular weight excluding hydrogens is 398 g/mol. The van der Waals surface area contributed by atoms with E-state index in [-0.39, 0.29) is 36.8 Å². The van der Waals surface area contributed by atoms with E-state index in [9.17, 15) is 26.0 Å². The van der Waals surface area contributed by atoms with Crippen LogP contribution in [0, 0.1) is 17.1 Å². The molecule has 0 N–H and O–H groups in total. The summed E-state index contributed by atoms with van der Waals surface area (Å²) in [6.07, 6.45) is -4.66. The van der Waals surface area contributed by atoms with Gasteiger partial charge in [0.25, 0.3) is 0 Å². The van der Waals surface area contributed by atoms with Crippen LogP contribution in [0.15, 0.2) is 47.4 Å². The fraction of sp³-hybridized carbons (Fsp3) is 0.278. The van der Waals surface area contributed by atoms with Gasteiger partial charge in [-0.1, -0.05) is 6.07 Å². The number of alkyl halides is 3. The zero-order valence-electron chi connectivity index (χ0n) is 14.4. The highest BCUT2D eigenvalue weighted by atomic mass is 32.2. The van der Waals surface area contributed by atoms with E-state index in [2.05, 4.69) is 0 Å². The fourth-order valence-electron chi connectivity index (χ4n) is 3.02. The van der Waals surface area contributed by atoms with Gasteiger partial charge in [-0.3, -0.25) is 0 Å². The van der Waals surface area contributed by atoms with Crippen LogP contribution in [0.2, 0.25) is 0 Å². The van der Waals surface area contributed by atoms with E-state index in [4.69, 9.17) is 5.26 Å². The average molecular weight is 413 g/mol. The Hall–Kier alpha value is -2.64. The van der Waals surface area contributed by atoms with Crippen LogP contribution in [-0.2, 0) is 16.2 Å². The van der Waals surface area contributed by atoms with Crippen LogP contribution in [0.3, 0.4) is 0 Å². The van der Waals surface area contributed by atoms with Gasteiger partial charge in [0, 0.05) is 31.9 Å². The van der Waals surface area contributed by atoms with E-state index in [1.165, 1.54) is 28.6 Å². The summed E-state index contributed by atoms with van der Waals surface area (Å²) in [5.41, 5.74) is -1.24. The van der Waals surface area contributed by atoms with Crippen molar-refractivity contribution in [3.63, 3.8) is 0 Å². The third-order valence-electron chi connectivity index (χ3n) is 4.47. The lowest BCUT2D eigenvalue weighted by molar-refractivity contribution is -0.137. The molecule has 2 aromatic carbocycles. The molecule has 1 fully saturated rings. The highest BCUT2D eigenvalue weighted by Gasteiger charge is 2.35. The summed E-state index contributed by atoms with van der Waals surface area (Å²) in [4.78, 5) is 1.45. The molecule has 148 valence electrons. The normalized spacial score (nSPS) is 16.0. The molecule has 1 heterocycles. The van der Waals surface area contributed by atoms with Crippen molar-refractivity contribution in [2.75, 3.05) is 31.1 Å². The van der Waals surface area contributed by atoms with Crippen LogP contribution in [0.1, 0.15) is 11.1 Å². The number of nitrogens with zero attached hydrogens (tertiary/aromatic N) is 3. The van der Waals surface area contributed by atoms with Crippen molar-refractivity contribution in [1.82, 2.24) is 4.31 Å². The quantitative estimate of drug-likeness (QED) is 0.725. The second-order valence-electron chi connectivity index (χ2n) is 6.19. The molecule has 0 saturated carbocycles. The van der Waals surface area contributed by atoms with E-state index >= 15 is 0 Å². The van der Waals surface area contributed by atoms with Gasteiger partial charge >= 0.3 is 6.18 Å². The van der Waals surface area contributed by atoms with Crippen molar-refractivity contribution >= 4 is 15.7 Å². The first-order chi connectivity index (χ1) is 13.1. The Balaban J connectivity index is 1.78. The van der Waals surface area contributed by atoms with Gasteiger partial charge in [-0.25, -0.2) is 12.8 Å². The zero-order valence-corrected chi connectivity index (χ0v) is 15.3. The van der Waals surface area contributed by atoms with E-state index < -0.39 is 33.1 Å². The molecule has 1 saturated heterocycles. The summed E-state index contributed by atoms with van der Waals surface area (Å²) in [6, 6.07) is 9.60. The minimum absolute atomic E-state index is 0.0419. The standard InChI is InChI=1S/C18H15F4N3O2S/c19-14-2-1-3-16(10-14)28(26,27)25-8-6-24(7-9-25)15-5-4-13(12-23)17(11-15)18(20,21)22/h1-5,10-11H,6-9H2. The smallest absolute Gasteiger partial charge is 0.369 e. The highest BCUT2D eigenvalue weighted by molar-refractivity contribution is 7.89. The van der Waals surface area contributed by atoms with Gasteiger partial charge in [0.1, 0.15) is 5.82 Å². The van der Waals surface area contributed by atoms with Crippen molar-refractivity contribution in [2.24, 2.45) is 0 Å². The Morgan fingerprint density at radius 3 is 2.25 bits per heavy atom. The lowest BCUT2D eigenvalue weighted by Gasteiger charge is -2.35. The van der Waals surface area contributed by atoms with Crippen molar-refractivity contribution < 1.29 is 26.0 Å². The first-order valence-corrected chi connectivity index (χ1v) is 9.69. The molecule has 0 atom stereocenters. The average Bonchev–Trinajstić information content (AvgIpc) is 2.67. The van der Waals surface area contributed by atoms with Crippen LogP contribution >= 0.6 is 0 Å². The zero-order chi connectivity index (χ0) is 20.5. The lowest BCUT2D eigenvalue weighted by atomic mass is 10.1. The Kier molecular flexibility index (Phi) is 5.32. The van der Waals surface area contributed by atoms with Gasteiger partial charge in [-0.2, -0.15) is 22.7 Å². The van der Waals surface area contributed by atoms with Gasteiger partial charge in [0.15, 0.2) is 0 Å². The summed E-state index contributed by atoms with van der Waals surface area (Å²) in [5.74, 6) is -0.669. The third-order valence-corrected chi connectivity index (χ3v) is 6.36. The predicted molar refractivity (Wildman–Crippen MR) is 93.5 cm³/mol. The molecule has 10 heteroatoms. The summed E-state index contributed by atoms with van der Waals surface area (Å²) in [6.45, 7) is 0.413. The van der Waals surface area contributed by atoms with E-state index in [0.29, 0.717) is 0 Å². The molecule has 0 spiro atoms. The van der Waals surface area contributed by atoms with E-state index in [1.807, 2.05) is 0 Å². The van der Waals surface area contributed by atoms with E-state index in [0.717, 1.165) is 24.3 Å². The lowest BCUT2D eigenvalue weighted by Crippen LogP contribution is -2.48. The summed E-state index contributed by atoms with van der Waals surface area (Å²) in [5, 5.41) is 8.87. The van der Waals surface area contributed by atoms with Crippen molar-refractivity contribution in [1.29, 1.82) is 5.26 Å². The first kappa shape index (κ1) is 20.1. The van der Waals surface area contributed by atoms with Gasteiger partial charge in [0.05, 0.1) is 22.1 Å². The van der Waals surface area contributed by atoms with Gasteiger partial charge < -0.3 is 4.90 Å². The van der Waals surface area contributed by atoms with Crippen LogP contribution in [-0.4, -0.2) is 38.9 Å². The number of nitriles is 1. The molecule has 2 aromatic rings. The fourth-order valence-corrected chi connectivity index (χ4v) is 4.48. The monoisotopic (exact) mass is 413 g/mol. The maximum absolute atomic E-state index is 13.3. The molecule has 3 rings (SSSR count). The molecule has 1 aliphatic rings. The Bertz CT molecular complexity index is 1020. The largest absolute Gasteiger partial charge is 0.417 e. The maximum atomic E-state index is 13.3. The molecule has 0 unspecified atom stereocenters. The predicted octanol–water partition coefficient (Wildman–Crippen LogP) is 3.23. The van der Waals surface area contributed by atoms with Gasteiger partial charge in [-0.05, 0) is 36.4 Å². The number of hydrogen-bond acceptors (Lipinski definition) is 4. The number of anilines is 1. The first-order valence-electron chi connectivity index (χ1n) is 8.25.